The summed E-state index contributed by atoms with van der Waals surface area (Å²) in [5.41, 5.74) is -0.883. The first-order chi connectivity index (χ1) is 9.37. The van der Waals surface area contributed by atoms with Gasteiger partial charge in [-0.15, -0.1) is 0 Å². The number of hydrogen-bond donors (Lipinski definition) is 3. The van der Waals surface area contributed by atoms with Crippen LogP contribution in [0.15, 0.2) is 16.5 Å². The maximum atomic E-state index is 11.8. The zero-order chi connectivity index (χ0) is 14.8. The van der Waals surface area contributed by atoms with E-state index in [1.165, 1.54) is 12.8 Å². The summed E-state index contributed by atoms with van der Waals surface area (Å²) in [5.74, 6) is 1.20. The number of aliphatic hydroxyl groups is 1. The molecule has 1 fully saturated rings. The van der Waals surface area contributed by atoms with Crippen LogP contribution in [0.4, 0.5) is 4.79 Å². The molecule has 3 N–H and O–H groups in total. The van der Waals surface area contributed by atoms with Gasteiger partial charge in [0.15, 0.2) is 0 Å². The number of furan rings is 1. The molecule has 1 aliphatic rings. The van der Waals surface area contributed by atoms with Gasteiger partial charge < -0.3 is 20.2 Å². The number of nitrogens with one attached hydrogen (secondary N) is 2. The van der Waals surface area contributed by atoms with E-state index in [4.69, 9.17) is 4.42 Å². The molecule has 0 radical (unpaired) electrons. The summed E-state index contributed by atoms with van der Waals surface area (Å²) < 4.78 is 5.40. The molecule has 1 heterocycles. The lowest BCUT2D eigenvalue weighted by Gasteiger charge is -2.22. The van der Waals surface area contributed by atoms with Crippen molar-refractivity contribution in [3.8, 4) is 0 Å². The second-order valence-corrected chi connectivity index (χ2v) is 6.07. The molecule has 0 saturated heterocycles. The first-order valence-electron chi connectivity index (χ1n) is 7.18. The molecule has 0 aromatic carbocycles. The summed E-state index contributed by atoms with van der Waals surface area (Å²) in [7, 11) is 0. The van der Waals surface area contributed by atoms with Gasteiger partial charge in [0.25, 0.3) is 0 Å². The van der Waals surface area contributed by atoms with E-state index >= 15 is 0 Å². The Kier molecular flexibility index (Phi) is 4.09. The average Bonchev–Trinajstić information content (AvgIpc) is 3.07. The molecule has 5 nitrogen and oxygen atoms in total. The van der Waals surface area contributed by atoms with Crippen LogP contribution < -0.4 is 10.6 Å². The number of aryl methyl sites for hydroxylation is 1. The molecule has 1 aliphatic carbocycles. The number of rotatable bonds is 6. The normalized spacial score (nSPS) is 19.2. The van der Waals surface area contributed by atoms with E-state index in [2.05, 4.69) is 17.6 Å². The van der Waals surface area contributed by atoms with Gasteiger partial charge in [0, 0.05) is 6.54 Å². The van der Waals surface area contributed by atoms with Crippen LogP contribution in [0.3, 0.4) is 0 Å². The van der Waals surface area contributed by atoms with Gasteiger partial charge in [-0.05, 0) is 50.7 Å². The maximum absolute atomic E-state index is 11.8. The molecule has 2 rings (SSSR count). The molecule has 5 heteroatoms. The van der Waals surface area contributed by atoms with E-state index in [1.54, 1.807) is 19.1 Å². The molecule has 1 aromatic rings. The third-order valence-electron chi connectivity index (χ3n) is 4.20. The second kappa shape index (κ2) is 5.48. The summed E-state index contributed by atoms with van der Waals surface area (Å²) in [6.07, 6.45) is 3.47. The lowest BCUT2D eigenvalue weighted by molar-refractivity contribution is 0.0359. The van der Waals surface area contributed by atoms with E-state index in [0.29, 0.717) is 17.7 Å². The van der Waals surface area contributed by atoms with Crippen molar-refractivity contribution < 1.29 is 14.3 Å². The first-order valence-corrected chi connectivity index (χ1v) is 7.18. The van der Waals surface area contributed by atoms with Crippen molar-refractivity contribution in [3.05, 3.63) is 23.7 Å². The van der Waals surface area contributed by atoms with E-state index in [1.807, 2.05) is 6.92 Å². The Morgan fingerprint density at radius 1 is 1.45 bits per heavy atom. The zero-order valence-corrected chi connectivity index (χ0v) is 12.5. The molecule has 0 spiro atoms. The number of urea groups is 1. The van der Waals surface area contributed by atoms with Gasteiger partial charge in [0.05, 0.1) is 6.54 Å². The van der Waals surface area contributed by atoms with E-state index < -0.39 is 5.60 Å². The predicted octanol–water partition coefficient (Wildman–Crippen LogP) is 2.28. The fourth-order valence-corrected chi connectivity index (χ4v) is 2.23. The number of hydrogen-bond acceptors (Lipinski definition) is 3. The summed E-state index contributed by atoms with van der Waals surface area (Å²) in [6, 6.07) is 3.28. The van der Waals surface area contributed by atoms with Crippen LogP contribution >= 0.6 is 0 Å². The SMILES string of the molecule is CCC1(CNC(=O)NCC(C)(O)c2ccc(C)o2)CC1. The summed E-state index contributed by atoms with van der Waals surface area (Å²) >= 11 is 0. The van der Waals surface area contributed by atoms with Crippen molar-refractivity contribution >= 4 is 6.03 Å². The molecule has 1 atom stereocenters. The molecule has 1 saturated carbocycles. The highest BCUT2D eigenvalue weighted by Gasteiger charge is 2.40. The minimum Gasteiger partial charge on any atom is -0.463 e. The van der Waals surface area contributed by atoms with Crippen molar-refractivity contribution in [2.24, 2.45) is 5.41 Å². The zero-order valence-electron chi connectivity index (χ0n) is 12.5. The quantitative estimate of drug-likeness (QED) is 0.748. The van der Waals surface area contributed by atoms with Crippen molar-refractivity contribution in [3.63, 3.8) is 0 Å². The van der Waals surface area contributed by atoms with Gasteiger partial charge >= 0.3 is 6.03 Å². The molecule has 1 aromatic heterocycles. The molecule has 0 bridgehead atoms. The van der Waals surface area contributed by atoms with Crippen LogP contribution in [-0.2, 0) is 5.60 Å². The molecule has 0 aliphatic heterocycles. The highest BCUT2D eigenvalue weighted by Crippen LogP contribution is 2.47. The monoisotopic (exact) mass is 280 g/mol. The van der Waals surface area contributed by atoms with Gasteiger partial charge in [-0.3, -0.25) is 0 Å². The van der Waals surface area contributed by atoms with Gasteiger partial charge in [-0.1, -0.05) is 6.92 Å². The smallest absolute Gasteiger partial charge is 0.314 e. The largest absolute Gasteiger partial charge is 0.463 e. The second-order valence-electron chi connectivity index (χ2n) is 6.07. The van der Waals surface area contributed by atoms with Gasteiger partial charge in [0.1, 0.15) is 17.1 Å². The van der Waals surface area contributed by atoms with Gasteiger partial charge in [0.2, 0.25) is 0 Å². The van der Waals surface area contributed by atoms with Crippen LogP contribution in [0.2, 0.25) is 0 Å². The Bertz CT molecular complexity index is 475. The van der Waals surface area contributed by atoms with E-state index in [0.717, 1.165) is 12.2 Å². The Morgan fingerprint density at radius 2 is 2.15 bits per heavy atom. The van der Waals surface area contributed by atoms with Crippen LogP contribution in [0.5, 0.6) is 0 Å². The minimum atomic E-state index is -1.20. The van der Waals surface area contributed by atoms with Crippen LogP contribution in [0, 0.1) is 12.3 Å². The predicted molar refractivity (Wildman–Crippen MR) is 76.4 cm³/mol. The Hall–Kier alpha value is -1.49. The Morgan fingerprint density at radius 3 is 2.65 bits per heavy atom. The lowest BCUT2D eigenvalue weighted by atomic mass is 10.0. The summed E-state index contributed by atoms with van der Waals surface area (Å²) in [4.78, 5) is 11.8. The highest BCUT2D eigenvalue weighted by molar-refractivity contribution is 5.74. The molecule has 2 amide bonds. The molecular formula is C15H24N2O3. The molecule has 112 valence electrons. The van der Waals surface area contributed by atoms with Crippen LogP contribution in [0.1, 0.15) is 44.6 Å². The average molecular weight is 280 g/mol. The topological polar surface area (TPSA) is 74.5 Å². The lowest BCUT2D eigenvalue weighted by Crippen LogP contribution is -2.44. The first kappa shape index (κ1) is 14.9. The summed E-state index contributed by atoms with van der Waals surface area (Å²) in [6.45, 7) is 6.42. The standard InChI is InChI=1S/C15H24N2O3/c1-4-15(7-8-15)10-17-13(18)16-9-14(3,19)12-6-5-11(2)20-12/h5-6,19H,4,7-10H2,1-3H3,(H2,16,17,18). The van der Waals surface area contributed by atoms with Crippen LogP contribution in [0.25, 0.3) is 0 Å². The molecular weight excluding hydrogens is 256 g/mol. The number of carbonyl (C=O) groups is 1. The third-order valence-corrected chi connectivity index (χ3v) is 4.20. The number of carbonyl (C=O) groups excluding carboxylic acids is 1. The fourth-order valence-electron chi connectivity index (χ4n) is 2.23. The van der Waals surface area contributed by atoms with Crippen molar-refractivity contribution in [2.75, 3.05) is 13.1 Å². The van der Waals surface area contributed by atoms with E-state index in [-0.39, 0.29) is 12.6 Å². The van der Waals surface area contributed by atoms with Crippen molar-refractivity contribution in [1.82, 2.24) is 10.6 Å². The van der Waals surface area contributed by atoms with Crippen LogP contribution in [-0.4, -0.2) is 24.2 Å². The van der Waals surface area contributed by atoms with Gasteiger partial charge in [-0.25, -0.2) is 4.79 Å². The molecule has 1 unspecified atom stereocenters. The minimum absolute atomic E-state index is 0.116. The van der Waals surface area contributed by atoms with Gasteiger partial charge in [-0.2, -0.15) is 0 Å². The Balaban J connectivity index is 1.77. The maximum Gasteiger partial charge on any atom is 0.314 e. The Labute approximate surface area is 119 Å². The molecule has 20 heavy (non-hydrogen) atoms. The van der Waals surface area contributed by atoms with E-state index in [9.17, 15) is 9.90 Å². The third kappa shape index (κ3) is 3.54. The number of amides is 2. The fraction of sp³-hybridized carbons (Fsp3) is 0.667. The van der Waals surface area contributed by atoms with Crippen molar-refractivity contribution in [2.45, 2.75) is 45.6 Å². The highest BCUT2D eigenvalue weighted by atomic mass is 16.4. The van der Waals surface area contributed by atoms with Crippen molar-refractivity contribution in [1.29, 1.82) is 0 Å². The summed E-state index contributed by atoms with van der Waals surface area (Å²) in [5, 5.41) is 15.9.